The molecule has 2 aromatic carbocycles. The van der Waals surface area contributed by atoms with Crippen LogP contribution in [0.5, 0.6) is 0 Å². The van der Waals surface area contributed by atoms with Crippen molar-refractivity contribution in [2.24, 2.45) is 0 Å². The third-order valence-corrected chi connectivity index (χ3v) is 4.23. The molecule has 0 radical (unpaired) electrons. The Hall–Kier alpha value is -3.00. The van der Waals surface area contributed by atoms with Gasteiger partial charge in [-0.1, -0.05) is 34.1 Å². The number of aromatic nitrogens is 2. The molecule has 1 heterocycles. The van der Waals surface area contributed by atoms with Crippen molar-refractivity contribution in [1.29, 1.82) is 0 Å². The first-order valence-corrected chi connectivity index (χ1v) is 8.59. The Kier molecular flexibility index (Phi) is 5.13. The molecule has 3 aromatic rings. The van der Waals surface area contributed by atoms with Gasteiger partial charge in [0, 0.05) is 15.8 Å². The monoisotopic (exact) mass is 413 g/mol. The van der Waals surface area contributed by atoms with Gasteiger partial charge in [-0.25, -0.2) is 9.97 Å². The quantitative estimate of drug-likeness (QED) is 0.438. The molecule has 0 amide bonds. The van der Waals surface area contributed by atoms with Crippen molar-refractivity contribution < 1.29 is 4.92 Å². The van der Waals surface area contributed by atoms with E-state index in [1.54, 1.807) is 6.07 Å². The first kappa shape index (κ1) is 17.8. The first-order chi connectivity index (χ1) is 12.4. The van der Waals surface area contributed by atoms with E-state index in [1.165, 1.54) is 6.33 Å². The van der Waals surface area contributed by atoms with Gasteiger partial charge in [-0.15, -0.1) is 0 Å². The number of nitrogens with zero attached hydrogens (tertiary/aromatic N) is 3. The zero-order valence-corrected chi connectivity index (χ0v) is 15.7. The van der Waals surface area contributed by atoms with E-state index in [0.717, 1.165) is 21.3 Å². The fraction of sp³-hybridized carbons (Fsp3) is 0.111. The molecular weight excluding hydrogens is 398 g/mol. The van der Waals surface area contributed by atoms with Gasteiger partial charge in [0.05, 0.1) is 4.92 Å². The molecule has 0 fully saturated rings. The van der Waals surface area contributed by atoms with Crippen LogP contribution in [0.4, 0.5) is 28.7 Å². The van der Waals surface area contributed by atoms with E-state index in [4.69, 9.17) is 0 Å². The van der Waals surface area contributed by atoms with Gasteiger partial charge in [-0.05, 0) is 49.2 Å². The van der Waals surface area contributed by atoms with Gasteiger partial charge in [0.25, 0.3) is 0 Å². The molecule has 0 unspecified atom stereocenters. The summed E-state index contributed by atoms with van der Waals surface area (Å²) in [7, 11) is 0. The normalized spacial score (nSPS) is 10.4. The van der Waals surface area contributed by atoms with Crippen molar-refractivity contribution in [3.05, 3.63) is 74.5 Å². The van der Waals surface area contributed by atoms with Crippen molar-refractivity contribution in [1.82, 2.24) is 9.97 Å². The van der Waals surface area contributed by atoms with Crippen molar-refractivity contribution >= 4 is 44.6 Å². The number of benzene rings is 2. The Labute approximate surface area is 158 Å². The van der Waals surface area contributed by atoms with Crippen LogP contribution in [0.3, 0.4) is 0 Å². The first-order valence-electron chi connectivity index (χ1n) is 7.80. The maximum atomic E-state index is 11.7. The summed E-state index contributed by atoms with van der Waals surface area (Å²) in [6.07, 6.45) is 1.29. The topological polar surface area (TPSA) is 93.0 Å². The lowest BCUT2D eigenvalue weighted by molar-refractivity contribution is -0.383. The maximum absolute atomic E-state index is 11.7. The molecule has 0 bridgehead atoms. The molecule has 2 N–H and O–H groups in total. The third kappa shape index (κ3) is 3.97. The molecule has 7 nitrogen and oxygen atoms in total. The Morgan fingerprint density at radius 3 is 2.46 bits per heavy atom. The van der Waals surface area contributed by atoms with Gasteiger partial charge in [-0.2, -0.15) is 0 Å². The molecule has 0 spiro atoms. The van der Waals surface area contributed by atoms with Crippen molar-refractivity contribution in [3.8, 4) is 0 Å². The molecule has 26 heavy (non-hydrogen) atoms. The van der Waals surface area contributed by atoms with Crippen LogP contribution in [-0.4, -0.2) is 14.9 Å². The molecule has 0 saturated heterocycles. The Morgan fingerprint density at radius 2 is 1.77 bits per heavy atom. The minimum atomic E-state index is -0.492. The van der Waals surface area contributed by atoms with Crippen molar-refractivity contribution in [2.45, 2.75) is 13.8 Å². The van der Waals surface area contributed by atoms with E-state index in [0.29, 0.717) is 5.69 Å². The molecule has 1 aromatic heterocycles. The van der Waals surface area contributed by atoms with Crippen LogP contribution in [0, 0.1) is 24.0 Å². The summed E-state index contributed by atoms with van der Waals surface area (Å²) in [4.78, 5) is 19.3. The highest BCUT2D eigenvalue weighted by Gasteiger charge is 2.23. The summed E-state index contributed by atoms with van der Waals surface area (Å²) in [5.41, 5.74) is 3.24. The second-order valence-corrected chi connectivity index (χ2v) is 6.67. The second-order valence-electron chi connectivity index (χ2n) is 5.76. The lowest BCUT2D eigenvalue weighted by Gasteiger charge is -2.12. The van der Waals surface area contributed by atoms with E-state index in [1.807, 2.05) is 50.2 Å². The van der Waals surface area contributed by atoms with Crippen LogP contribution in [-0.2, 0) is 0 Å². The van der Waals surface area contributed by atoms with Crippen LogP contribution in [0.25, 0.3) is 0 Å². The number of anilines is 4. The molecule has 132 valence electrons. The van der Waals surface area contributed by atoms with E-state index < -0.39 is 4.92 Å². The molecule has 0 atom stereocenters. The molecule has 0 aliphatic carbocycles. The second kappa shape index (κ2) is 7.49. The summed E-state index contributed by atoms with van der Waals surface area (Å²) >= 11 is 3.38. The number of aryl methyl sites for hydroxylation is 2. The van der Waals surface area contributed by atoms with Crippen LogP contribution in [0.1, 0.15) is 11.1 Å². The zero-order valence-electron chi connectivity index (χ0n) is 14.2. The molecule has 3 rings (SSSR count). The fourth-order valence-corrected chi connectivity index (χ4v) is 2.83. The largest absolute Gasteiger partial charge is 0.353 e. The summed E-state index contributed by atoms with van der Waals surface area (Å²) in [6, 6.07) is 13.2. The van der Waals surface area contributed by atoms with Gasteiger partial charge in [0.1, 0.15) is 6.33 Å². The van der Waals surface area contributed by atoms with Crippen LogP contribution >= 0.6 is 15.9 Å². The maximum Gasteiger partial charge on any atom is 0.353 e. The van der Waals surface area contributed by atoms with Crippen LogP contribution in [0.2, 0.25) is 0 Å². The minimum Gasteiger partial charge on any atom is -0.334 e. The molecule has 0 aliphatic rings. The highest BCUT2D eigenvalue weighted by atomic mass is 79.9. The number of nitrogens with one attached hydrogen (secondary N) is 2. The Balaban J connectivity index is 2.01. The molecule has 0 saturated carbocycles. The van der Waals surface area contributed by atoms with E-state index in [9.17, 15) is 10.1 Å². The van der Waals surface area contributed by atoms with Crippen molar-refractivity contribution in [2.75, 3.05) is 10.6 Å². The zero-order chi connectivity index (χ0) is 18.7. The van der Waals surface area contributed by atoms with Crippen LogP contribution in [0.15, 0.2) is 53.3 Å². The number of nitro groups is 1. The van der Waals surface area contributed by atoms with E-state index in [2.05, 4.69) is 36.5 Å². The average molecular weight is 414 g/mol. The number of halogens is 1. The van der Waals surface area contributed by atoms with Gasteiger partial charge >= 0.3 is 5.69 Å². The Bertz CT molecular complexity index is 978. The van der Waals surface area contributed by atoms with E-state index >= 15 is 0 Å². The van der Waals surface area contributed by atoms with Gasteiger partial charge in [0.2, 0.25) is 11.6 Å². The molecule has 0 aliphatic heterocycles. The smallest absolute Gasteiger partial charge is 0.334 e. The highest BCUT2D eigenvalue weighted by Crippen LogP contribution is 2.34. The number of hydrogen-bond donors (Lipinski definition) is 2. The highest BCUT2D eigenvalue weighted by molar-refractivity contribution is 9.10. The predicted molar refractivity (Wildman–Crippen MR) is 105 cm³/mol. The SMILES string of the molecule is Cc1ccc(C)c(Nc2ncnc(Nc3cccc(Br)c3)c2[N+](=O)[O-])c1. The summed E-state index contributed by atoms with van der Waals surface area (Å²) in [6.45, 7) is 3.88. The third-order valence-electron chi connectivity index (χ3n) is 3.74. The predicted octanol–water partition coefficient (Wildman–Crippen LogP) is 5.25. The Morgan fingerprint density at radius 1 is 1.04 bits per heavy atom. The van der Waals surface area contributed by atoms with Gasteiger partial charge < -0.3 is 10.6 Å². The van der Waals surface area contributed by atoms with E-state index in [-0.39, 0.29) is 17.3 Å². The molecule has 8 heteroatoms. The number of hydrogen-bond acceptors (Lipinski definition) is 6. The minimum absolute atomic E-state index is 0.121. The van der Waals surface area contributed by atoms with Crippen molar-refractivity contribution in [3.63, 3.8) is 0 Å². The lowest BCUT2D eigenvalue weighted by atomic mass is 10.1. The fourth-order valence-electron chi connectivity index (χ4n) is 2.44. The summed E-state index contributed by atoms with van der Waals surface area (Å²) in [5, 5.41) is 17.7. The molecular formula is C18H16BrN5O2. The summed E-state index contributed by atoms with van der Waals surface area (Å²) in [5.74, 6) is 0.257. The van der Waals surface area contributed by atoms with Gasteiger partial charge in [0.15, 0.2) is 0 Å². The summed E-state index contributed by atoms with van der Waals surface area (Å²) < 4.78 is 0.855. The van der Waals surface area contributed by atoms with Gasteiger partial charge in [-0.3, -0.25) is 10.1 Å². The number of rotatable bonds is 5. The lowest BCUT2D eigenvalue weighted by Crippen LogP contribution is -2.06. The standard InChI is InChI=1S/C18H16BrN5O2/c1-11-6-7-12(2)15(8-11)23-18-16(24(25)26)17(20-10-21-18)22-14-5-3-4-13(19)9-14/h3-10H,1-2H3,(H2,20,21,22,23). The van der Waals surface area contributed by atoms with Crippen LogP contribution < -0.4 is 10.6 Å². The average Bonchev–Trinajstić information content (AvgIpc) is 2.58.